The molecule has 132 valence electrons. The van der Waals surface area contributed by atoms with Crippen LogP contribution in [0.3, 0.4) is 0 Å². The van der Waals surface area contributed by atoms with Gasteiger partial charge in [-0.05, 0) is 24.6 Å². The van der Waals surface area contributed by atoms with E-state index in [0.717, 1.165) is 11.3 Å². The Kier molecular flexibility index (Phi) is 6.16. The molecule has 0 fully saturated rings. The molecule has 0 bridgehead atoms. The summed E-state index contributed by atoms with van der Waals surface area (Å²) in [5, 5.41) is 11.7. The van der Waals surface area contributed by atoms with Crippen molar-refractivity contribution in [3.05, 3.63) is 46.0 Å². The van der Waals surface area contributed by atoms with E-state index < -0.39 is 22.7 Å². The standard InChI is InChI=1S/C16H16N2O5S2/c1-9-14(10(2)19)24-16(17-9)18-13(20)8-25(23)7-11-3-5-12(6-4-11)15(21)22/h3-6H,7-8H2,1-2H3,(H,21,22)(H,17,18,20). The van der Waals surface area contributed by atoms with Crippen LogP contribution in [0.1, 0.15) is 38.2 Å². The summed E-state index contributed by atoms with van der Waals surface area (Å²) in [4.78, 5) is 38.7. The van der Waals surface area contributed by atoms with Crippen molar-refractivity contribution in [2.24, 2.45) is 0 Å². The lowest BCUT2D eigenvalue weighted by Crippen LogP contribution is -2.20. The Morgan fingerprint density at radius 3 is 2.40 bits per heavy atom. The summed E-state index contributed by atoms with van der Waals surface area (Å²) in [6, 6.07) is 6.00. The van der Waals surface area contributed by atoms with Gasteiger partial charge in [-0.1, -0.05) is 23.5 Å². The second-order valence-electron chi connectivity index (χ2n) is 5.27. The lowest BCUT2D eigenvalue weighted by Gasteiger charge is -2.04. The number of aromatic nitrogens is 1. The number of carbonyl (C=O) groups excluding carboxylic acids is 2. The molecular formula is C16H16N2O5S2. The molecule has 25 heavy (non-hydrogen) atoms. The van der Waals surface area contributed by atoms with Crippen molar-refractivity contribution >= 4 is 44.9 Å². The minimum Gasteiger partial charge on any atom is -0.478 e. The molecule has 7 nitrogen and oxygen atoms in total. The van der Waals surface area contributed by atoms with Gasteiger partial charge in [0.05, 0.1) is 16.1 Å². The Balaban J connectivity index is 1.91. The van der Waals surface area contributed by atoms with Crippen LogP contribution in [0.15, 0.2) is 24.3 Å². The largest absolute Gasteiger partial charge is 0.478 e. The number of carbonyl (C=O) groups is 3. The number of nitrogens with zero attached hydrogens (tertiary/aromatic N) is 1. The number of hydrogen-bond donors (Lipinski definition) is 2. The van der Waals surface area contributed by atoms with E-state index in [2.05, 4.69) is 10.3 Å². The van der Waals surface area contributed by atoms with E-state index in [1.165, 1.54) is 19.1 Å². The minimum absolute atomic E-state index is 0.121. The van der Waals surface area contributed by atoms with E-state index in [-0.39, 0.29) is 22.9 Å². The molecule has 0 radical (unpaired) electrons. The number of ketones is 1. The number of Topliss-reactive ketones (excluding diaryl/α,β-unsaturated/α-hetero) is 1. The zero-order valence-electron chi connectivity index (χ0n) is 13.6. The Bertz CT molecular complexity index is 843. The van der Waals surface area contributed by atoms with Gasteiger partial charge in [-0.15, -0.1) is 0 Å². The Hall–Kier alpha value is -2.39. The molecule has 2 aromatic rings. The maximum atomic E-state index is 12.1. The van der Waals surface area contributed by atoms with Crippen LogP contribution in [0, 0.1) is 6.92 Å². The van der Waals surface area contributed by atoms with E-state index in [0.29, 0.717) is 21.3 Å². The first-order valence-electron chi connectivity index (χ1n) is 7.21. The van der Waals surface area contributed by atoms with E-state index in [1.807, 2.05) is 0 Å². The van der Waals surface area contributed by atoms with Gasteiger partial charge in [-0.2, -0.15) is 0 Å². The summed E-state index contributed by atoms with van der Waals surface area (Å²) >= 11 is 1.08. The summed E-state index contributed by atoms with van der Waals surface area (Å²) < 4.78 is 12.1. The molecule has 1 amide bonds. The van der Waals surface area contributed by atoms with Crippen molar-refractivity contribution in [3.8, 4) is 0 Å². The number of carboxylic acid groups (broad SMARTS) is 1. The summed E-state index contributed by atoms with van der Waals surface area (Å²) in [5.41, 5.74) is 1.38. The molecule has 0 aliphatic carbocycles. The fourth-order valence-corrected chi connectivity index (χ4v) is 3.97. The maximum absolute atomic E-state index is 12.1. The molecule has 2 N–H and O–H groups in total. The number of anilines is 1. The molecule has 1 aromatic carbocycles. The van der Waals surface area contributed by atoms with Crippen LogP contribution >= 0.6 is 11.3 Å². The van der Waals surface area contributed by atoms with Crippen molar-refractivity contribution in [2.45, 2.75) is 19.6 Å². The molecule has 0 spiro atoms. The van der Waals surface area contributed by atoms with Crippen LogP contribution in [-0.2, 0) is 21.3 Å². The quantitative estimate of drug-likeness (QED) is 0.712. The average molecular weight is 380 g/mol. The smallest absolute Gasteiger partial charge is 0.335 e. The van der Waals surface area contributed by atoms with Crippen molar-refractivity contribution in [3.63, 3.8) is 0 Å². The highest BCUT2D eigenvalue weighted by Gasteiger charge is 2.15. The van der Waals surface area contributed by atoms with Crippen LogP contribution in [-0.4, -0.2) is 37.7 Å². The van der Waals surface area contributed by atoms with Gasteiger partial charge in [0.15, 0.2) is 10.9 Å². The SMILES string of the molecule is CC(=O)c1sc(NC(=O)CS(=O)Cc2ccc(C(=O)O)cc2)nc1C. The zero-order chi connectivity index (χ0) is 18.6. The Morgan fingerprint density at radius 1 is 1.24 bits per heavy atom. The summed E-state index contributed by atoms with van der Waals surface area (Å²) in [6.45, 7) is 3.11. The normalized spacial score (nSPS) is 11.8. The minimum atomic E-state index is -1.45. The third-order valence-corrected chi connectivity index (χ3v) is 5.60. The van der Waals surface area contributed by atoms with Gasteiger partial charge in [0, 0.05) is 23.5 Å². The Morgan fingerprint density at radius 2 is 1.88 bits per heavy atom. The Labute approximate surface area is 150 Å². The third-order valence-electron chi connectivity index (χ3n) is 3.18. The summed E-state index contributed by atoms with van der Waals surface area (Å²) in [7, 11) is -1.45. The number of carboxylic acids is 1. The molecule has 0 saturated heterocycles. The highest BCUT2D eigenvalue weighted by atomic mass is 32.2. The molecule has 1 heterocycles. The molecule has 0 saturated carbocycles. The van der Waals surface area contributed by atoms with Gasteiger partial charge in [0.25, 0.3) is 0 Å². The second kappa shape index (κ2) is 8.13. The predicted octanol–water partition coefficient (Wildman–Crippen LogP) is 2.24. The van der Waals surface area contributed by atoms with E-state index in [4.69, 9.17) is 5.11 Å². The second-order valence-corrected chi connectivity index (χ2v) is 7.72. The van der Waals surface area contributed by atoms with Crippen LogP contribution in [0.5, 0.6) is 0 Å². The topological polar surface area (TPSA) is 113 Å². The van der Waals surface area contributed by atoms with Gasteiger partial charge in [-0.25, -0.2) is 9.78 Å². The molecule has 0 aliphatic rings. The monoisotopic (exact) mass is 380 g/mol. The van der Waals surface area contributed by atoms with E-state index in [1.54, 1.807) is 19.1 Å². The van der Waals surface area contributed by atoms with Crippen LogP contribution in [0.2, 0.25) is 0 Å². The van der Waals surface area contributed by atoms with Gasteiger partial charge >= 0.3 is 5.97 Å². The highest BCUT2D eigenvalue weighted by molar-refractivity contribution is 7.84. The lowest BCUT2D eigenvalue weighted by molar-refractivity contribution is -0.113. The fourth-order valence-electron chi connectivity index (χ4n) is 2.06. The summed E-state index contributed by atoms with van der Waals surface area (Å²) in [6.07, 6.45) is 0. The first-order chi connectivity index (χ1) is 11.8. The van der Waals surface area contributed by atoms with Gasteiger partial charge in [0.1, 0.15) is 5.75 Å². The van der Waals surface area contributed by atoms with Gasteiger partial charge in [0.2, 0.25) is 5.91 Å². The van der Waals surface area contributed by atoms with Crippen molar-refractivity contribution in [1.29, 1.82) is 0 Å². The van der Waals surface area contributed by atoms with E-state index in [9.17, 15) is 18.6 Å². The average Bonchev–Trinajstić information content (AvgIpc) is 2.88. The number of hydrogen-bond acceptors (Lipinski definition) is 6. The number of aromatic carboxylic acids is 1. The number of aryl methyl sites for hydroxylation is 1. The van der Waals surface area contributed by atoms with Crippen molar-refractivity contribution in [1.82, 2.24) is 4.98 Å². The number of amides is 1. The first-order valence-corrected chi connectivity index (χ1v) is 9.52. The molecule has 9 heteroatoms. The number of thiazole rings is 1. The van der Waals surface area contributed by atoms with Crippen LogP contribution in [0.4, 0.5) is 5.13 Å². The lowest BCUT2D eigenvalue weighted by atomic mass is 10.1. The highest BCUT2D eigenvalue weighted by Crippen LogP contribution is 2.22. The number of rotatable bonds is 7. The maximum Gasteiger partial charge on any atom is 0.335 e. The molecular weight excluding hydrogens is 364 g/mol. The van der Waals surface area contributed by atoms with Gasteiger partial charge < -0.3 is 10.4 Å². The number of benzene rings is 1. The molecule has 1 unspecified atom stereocenters. The third kappa shape index (κ3) is 5.30. The zero-order valence-corrected chi connectivity index (χ0v) is 15.2. The molecule has 0 aliphatic heterocycles. The van der Waals surface area contributed by atoms with Crippen LogP contribution in [0.25, 0.3) is 0 Å². The first kappa shape index (κ1) is 18.9. The van der Waals surface area contributed by atoms with Crippen LogP contribution < -0.4 is 5.32 Å². The predicted molar refractivity (Wildman–Crippen MR) is 95.6 cm³/mol. The van der Waals surface area contributed by atoms with Crippen molar-refractivity contribution in [2.75, 3.05) is 11.1 Å². The fraction of sp³-hybridized carbons (Fsp3) is 0.250. The van der Waals surface area contributed by atoms with Gasteiger partial charge in [-0.3, -0.25) is 13.8 Å². The molecule has 2 rings (SSSR count). The van der Waals surface area contributed by atoms with E-state index >= 15 is 0 Å². The van der Waals surface area contributed by atoms with Crippen molar-refractivity contribution < 1.29 is 23.7 Å². The molecule has 1 aromatic heterocycles. The summed E-state index contributed by atoms with van der Waals surface area (Å²) in [5.74, 6) is -1.68. The number of nitrogens with one attached hydrogen (secondary N) is 1. The molecule has 1 atom stereocenters.